The van der Waals surface area contributed by atoms with Crippen LogP contribution in [0.5, 0.6) is 5.75 Å². The van der Waals surface area contributed by atoms with Crippen molar-refractivity contribution in [1.82, 2.24) is 0 Å². The maximum Gasteiger partial charge on any atom is 0.245 e. The van der Waals surface area contributed by atoms with E-state index in [1.165, 1.54) is 0 Å². The molecule has 2 aliphatic rings. The molecule has 1 aromatic rings. The quantitative estimate of drug-likeness (QED) is 0.880. The Morgan fingerprint density at radius 2 is 2.00 bits per heavy atom. The molecule has 2 heterocycles. The highest BCUT2D eigenvalue weighted by molar-refractivity contribution is 6.32. The first-order valence-corrected chi connectivity index (χ1v) is 7.54. The highest BCUT2D eigenvalue weighted by Gasteiger charge is 2.30. The predicted octanol–water partition coefficient (Wildman–Crippen LogP) is 2.63. The van der Waals surface area contributed by atoms with E-state index in [1.807, 2.05) is 13.8 Å². The maximum absolute atomic E-state index is 11.6. The van der Waals surface area contributed by atoms with E-state index in [2.05, 4.69) is 5.32 Å². The second-order valence-corrected chi connectivity index (χ2v) is 6.21. The Morgan fingerprint density at radius 1 is 1.33 bits per heavy atom. The van der Waals surface area contributed by atoms with Crippen molar-refractivity contribution in [1.29, 1.82) is 0 Å². The Balaban J connectivity index is 1.81. The number of halogens is 1. The molecule has 0 radical (unpaired) electrons. The summed E-state index contributed by atoms with van der Waals surface area (Å²) in [6, 6.07) is 2.81. The second-order valence-electron chi connectivity index (χ2n) is 5.81. The molecule has 2 aliphatic heterocycles. The number of hydrogen-bond acceptors (Lipinski definition) is 4. The number of fused-ring (bicyclic) bond motifs is 1. The number of nitrogens with two attached hydrogens (primary N) is 1. The first kappa shape index (κ1) is 14.6. The summed E-state index contributed by atoms with van der Waals surface area (Å²) < 4.78 is 11.7. The minimum Gasteiger partial charge on any atom is -0.489 e. The number of benzene rings is 1. The highest BCUT2D eigenvalue weighted by Crippen LogP contribution is 2.39. The van der Waals surface area contributed by atoms with E-state index >= 15 is 0 Å². The van der Waals surface area contributed by atoms with E-state index < -0.39 is 6.04 Å². The molecule has 0 aliphatic carbocycles. The normalized spacial score (nSPS) is 31.7. The third kappa shape index (κ3) is 2.86. The van der Waals surface area contributed by atoms with Crippen LogP contribution >= 0.6 is 11.6 Å². The van der Waals surface area contributed by atoms with Crippen LogP contribution in [-0.4, -0.2) is 24.2 Å². The van der Waals surface area contributed by atoms with Gasteiger partial charge in [0.25, 0.3) is 0 Å². The molecular weight excluding hydrogens is 292 g/mol. The fraction of sp³-hybridized carbons (Fsp3) is 0.533. The average Bonchev–Trinajstić information content (AvgIpc) is 2.65. The van der Waals surface area contributed by atoms with Crippen LogP contribution in [-0.2, 0) is 9.53 Å². The van der Waals surface area contributed by atoms with Gasteiger partial charge in [0.05, 0.1) is 17.2 Å². The molecule has 1 saturated heterocycles. The predicted molar refractivity (Wildman–Crippen MR) is 80.7 cm³/mol. The molecule has 0 bridgehead atoms. The van der Waals surface area contributed by atoms with E-state index in [0.29, 0.717) is 22.0 Å². The molecule has 3 rings (SSSR count). The standard InChI is InChI=1S/C15H19ClN2O3/c1-7-3-9(4-8(2)20-7)21-13-6-12-10(5-11(13)16)14(17)15(19)18-12/h5-9,14H,3-4,17H2,1-2H3,(H,18,19). The molecule has 5 nitrogen and oxygen atoms in total. The topological polar surface area (TPSA) is 73.6 Å². The summed E-state index contributed by atoms with van der Waals surface area (Å²) in [5.74, 6) is 0.364. The monoisotopic (exact) mass is 310 g/mol. The summed E-state index contributed by atoms with van der Waals surface area (Å²) in [5, 5.41) is 3.22. The smallest absolute Gasteiger partial charge is 0.245 e. The summed E-state index contributed by atoms with van der Waals surface area (Å²) >= 11 is 6.26. The Morgan fingerprint density at radius 3 is 2.67 bits per heavy atom. The molecule has 114 valence electrons. The van der Waals surface area contributed by atoms with Crippen molar-refractivity contribution in [2.45, 2.75) is 51.0 Å². The third-order valence-electron chi connectivity index (χ3n) is 3.93. The van der Waals surface area contributed by atoms with Crippen molar-refractivity contribution in [2.24, 2.45) is 5.73 Å². The number of amides is 1. The zero-order chi connectivity index (χ0) is 15.1. The zero-order valence-corrected chi connectivity index (χ0v) is 12.8. The molecule has 21 heavy (non-hydrogen) atoms. The van der Waals surface area contributed by atoms with Crippen LogP contribution in [0.4, 0.5) is 5.69 Å². The molecule has 0 aromatic heterocycles. The van der Waals surface area contributed by atoms with Crippen LogP contribution in [0.2, 0.25) is 5.02 Å². The van der Waals surface area contributed by atoms with Crippen molar-refractivity contribution in [3.05, 3.63) is 22.7 Å². The van der Waals surface area contributed by atoms with Crippen molar-refractivity contribution < 1.29 is 14.3 Å². The van der Waals surface area contributed by atoms with Crippen LogP contribution in [0.25, 0.3) is 0 Å². The summed E-state index contributed by atoms with van der Waals surface area (Å²) in [6.07, 6.45) is 2.04. The van der Waals surface area contributed by atoms with E-state index in [0.717, 1.165) is 12.8 Å². The van der Waals surface area contributed by atoms with Crippen LogP contribution in [0, 0.1) is 0 Å². The van der Waals surface area contributed by atoms with Gasteiger partial charge in [-0.15, -0.1) is 0 Å². The van der Waals surface area contributed by atoms with E-state index in [1.54, 1.807) is 12.1 Å². The Bertz CT molecular complexity index is 568. The molecule has 6 heteroatoms. The number of ether oxygens (including phenoxy) is 2. The second kappa shape index (κ2) is 5.48. The number of rotatable bonds is 2. The first-order valence-electron chi connectivity index (χ1n) is 7.16. The molecule has 3 atom stereocenters. The van der Waals surface area contributed by atoms with Gasteiger partial charge in [0.15, 0.2) is 0 Å². The molecular formula is C15H19ClN2O3. The number of anilines is 1. The first-order chi connectivity index (χ1) is 9.94. The molecule has 1 fully saturated rings. The summed E-state index contributed by atoms with van der Waals surface area (Å²) in [4.78, 5) is 11.6. The molecule has 3 N–H and O–H groups in total. The highest BCUT2D eigenvalue weighted by atomic mass is 35.5. The molecule has 3 unspecified atom stereocenters. The number of nitrogens with one attached hydrogen (secondary N) is 1. The van der Waals surface area contributed by atoms with Gasteiger partial charge in [-0.25, -0.2) is 0 Å². The van der Waals surface area contributed by atoms with Gasteiger partial charge < -0.3 is 20.5 Å². The lowest BCUT2D eigenvalue weighted by molar-refractivity contribution is -0.116. The van der Waals surface area contributed by atoms with Crippen LogP contribution < -0.4 is 15.8 Å². The average molecular weight is 311 g/mol. The van der Waals surface area contributed by atoms with E-state index in [4.69, 9.17) is 26.8 Å². The lowest BCUT2D eigenvalue weighted by Crippen LogP contribution is -2.35. The van der Waals surface area contributed by atoms with Gasteiger partial charge in [0.2, 0.25) is 5.91 Å². The van der Waals surface area contributed by atoms with Crippen LogP contribution in [0.1, 0.15) is 38.3 Å². The van der Waals surface area contributed by atoms with Gasteiger partial charge in [0, 0.05) is 30.2 Å². The van der Waals surface area contributed by atoms with Gasteiger partial charge in [-0.1, -0.05) is 11.6 Å². The lowest BCUT2D eigenvalue weighted by atomic mass is 10.0. The Labute approximate surface area is 128 Å². The summed E-state index contributed by atoms with van der Waals surface area (Å²) in [5.41, 5.74) is 7.20. The largest absolute Gasteiger partial charge is 0.489 e. The summed E-state index contributed by atoms with van der Waals surface area (Å²) in [6.45, 7) is 4.07. The minimum absolute atomic E-state index is 0.0603. The van der Waals surface area contributed by atoms with Crippen molar-refractivity contribution in [3.63, 3.8) is 0 Å². The number of carbonyl (C=O) groups excluding carboxylic acids is 1. The van der Waals surface area contributed by atoms with Crippen molar-refractivity contribution >= 4 is 23.2 Å². The Hall–Kier alpha value is -1.30. The number of hydrogen-bond donors (Lipinski definition) is 2. The molecule has 1 amide bonds. The van der Waals surface area contributed by atoms with E-state index in [-0.39, 0.29) is 24.2 Å². The Kier molecular flexibility index (Phi) is 3.82. The fourth-order valence-corrected chi connectivity index (χ4v) is 3.21. The minimum atomic E-state index is -0.658. The van der Waals surface area contributed by atoms with Gasteiger partial charge in [0.1, 0.15) is 17.9 Å². The molecule has 0 spiro atoms. The van der Waals surface area contributed by atoms with Gasteiger partial charge in [-0.2, -0.15) is 0 Å². The molecule has 1 aromatic carbocycles. The SMILES string of the molecule is CC1CC(Oc2cc3c(cc2Cl)C(N)C(=O)N3)CC(C)O1. The number of carbonyl (C=O) groups is 1. The lowest BCUT2D eigenvalue weighted by Gasteiger charge is -2.32. The van der Waals surface area contributed by atoms with Gasteiger partial charge in [-0.05, 0) is 19.9 Å². The molecule has 0 saturated carbocycles. The van der Waals surface area contributed by atoms with Gasteiger partial charge in [-0.3, -0.25) is 4.79 Å². The van der Waals surface area contributed by atoms with Crippen LogP contribution in [0.3, 0.4) is 0 Å². The third-order valence-corrected chi connectivity index (χ3v) is 4.22. The summed E-state index contributed by atoms with van der Waals surface area (Å²) in [7, 11) is 0. The van der Waals surface area contributed by atoms with E-state index in [9.17, 15) is 4.79 Å². The fourth-order valence-electron chi connectivity index (χ4n) is 3.00. The zero-order valence-electron chi connectivity index (χ0n) is 12.1. The van der Waals surface area contributed by atoms with Crippen molar-refractivity contribution in [3.8, 4) is 5.75 Å². The van der Waals surface area contributed by atoms with Crippen LogP contribution in [0.15, 0.2) is 12.1 Å². The van der Waals surface area contributed by atoms with Gasteiger partial charge >= 0.3 is 0 Å². The maximum atomic E-state index is 11.6. The van der Waals surface area contributed by atoms with Crippen molar-refractivity contribution in [2.75, 3.05) is 5.32 Å².